The number of halogens is 4. The Kier molecular flexibility index (Phi) is 7.25. The van der Waals surface area contributed by atoms with Crippen LogP contribution in [-0.4, -0.2) is 33.5 Å². The summed E-state index contributed by atoms with van der Waals surface area (Å²) in [7, 11) is 0. The molecule has 0 bridgehead atoms. The average molecular weight is 629 g/mol. The van der Waals surface area contributed by atoms with Gasteiger partial charge >= 0.3 is 6.36 Å². The molecule has 0 fully saturated rings. The zero-order chi connectivity index (χ0) is 26.0. The maximum Gasteiger partial charge on any atom is 0.573 e. The molecule has 0 aliphatic heterocycles. The summed E-state index contributed by atoms with van der Waals surface area (Å²) in [6.07, 6.45) is -0.510. The Morgan fingerprint density at radius 3 is 2.57 bits per heavy atom. The third-order valence-electron chi connectivity index (χ3n) is 5.76. The van der Waals surface area contributed by atoms with Crippen molar-refractivity contribution in [3.63, 3.8) is 0 Å². The highest BCUT2D eigenvalue weighted by atomic mass is 127. The van der Waals surface area contributed by atoms with Crippen molar-refractivity contribution in [1.82, 2.24) is 9.55 Å². The van der Waals surface area contributed by atoms with E-state index in [2.05, 4.69) is 49.4 Å². The zero-order valence-electron chi connectivity index (χ0n) is 19.2. The lowest BCUT2D eigenvalue weighted by Gasteiger charge is -2.10. The zero-order valence-corrected chi connectivity index (χ0v) is 22.2. The maximum atomic E-state index is 12.4. The van der Waals surface area contributed by atoms with Gasteiger partial charge in [-0.1, -0.05) is 48.6 Å². The first-order valence-corrected chi connectivity index (χ1v) is 12.8. The number of alkyl halides is 3. The van der Waals surface area contributed by atoms with E-state index >= 15 is 0 Å². The molecular weight excluding hydrogens is 610 g/mol. The summed E-state index contributed by atoms with van der Waals surface area (Å²) in [5.41, 5.74) is 4.50. The molecule has 0 amide bonds. The van der Waals surface area contributed by atoms with E-state index in [1.54, 1.807) is 18.5 Å². The van der Waals surface area contributed by atoms with Crippen molar-refractivity contribution >= 4 is 67.7 Å². The van der Waals surface area contributed by atoms with Gasteiger partial charge in [0.1, 0.15) is 12.1 Å². The molecule has 9 heteroatoms. The van der Waals surface area contributed by atoms with E-state index < -0.39 is 6.36 Å². The van der Waals surface area contributed by atoms with Crippen LogP contribution < -0.4 is 4.74 Å². The molecule has 0 aliphatic carbocycles. The number of hydrogen-bond acceptors (Lipinski definition) is 4. The fourth-order valence-electron chi connectivity index (χ4n) is 4.09. The minimum atomic E-state index is -4.72. The van der Waals surface area contributed by atoms with Crippen molar-refractivity contribution in [2.45, 2.75) is 12.8 Å². The molecule has 0 unspecified atom stereocenters. The van der Waals surface area contributed by atoms with E-state index in [-0.39, 0.29) is 5.75 Å². The third kappa shape index (κ3) is 5.99. The molecule has 4 nitrogen and oxygen atoms in total. The largest absolute Gasteiger partial charge is 0.573 e. The van der Waals surface area contributed by atoms with Crippen LogP contribution in [0.15, 0.2) is 90.2 Å². The van der Waals surface area contributed by atoms with E-state index in [0.717, 1.165) is 38.7 Å². The maximum absolute atomic E-state index is 12.4. The van der Waals surface area contributed by atoms with Gasteiger partial charge in [0.15, 0.2) is 0 Å². The van der Waals surface area contributed by atoms with Gasteiger partial charge in [0.05, 0.1) is 17.6 Å². The molecular formula is C28H19F3IN3OS. The predicted octanol–water partition coefficient (Wildman–Crippen LogP) is 7.71. The van der Waals surface area contributed by atoms with Crippen LogP contribution in [0.4, 0.5) is 13.2 Å². The SMILES string of the molecule is FC(F)(F)Oc1ccc(-n2cnc3c4ccc(C=NCC(=S)Cc5ccccc5I)cc4ccc32)cc1. The van der Waals surface area contributed by atoms with Crippen molar-refractivity contribution in [3.8, 4) is 11.4 Å². The van der Waals surface area contributed by atoms with Gasteiger partial charge in [-0.05, 0) is 81.6 Å². The Morgan fingerprint density at radius 2 is 1.81 bits per heavy atom. The van der Waals surface area contributed by atoms with Crippen molar-refractivity contribution in [2.24, 2.45) is 4.99 Å². The fourth-order valence-corrected chi connectivity index (χ4v) is 4.89. The molecule has 37 heavy (non-hydrogen) atoms. The van der Waals surface area contributed by atoms with Crippen LogP contribution in [0, 0.1) is 3.57 Å². The Morgan fingerprint density at radius 1 is 1.03 bits per heavy atom. The number of ether oxygens (including phenoxy) is 1. The summed E-state index contributed by atoms with van der Waals surface area (Å²) in [5.74, 6) is -0.268. The predicted molar refractivity (Wildman–Crippen MR) is 153 cm³/mol. The highest BCUT2D eigenvalue weighted by Crippen LogP contribution is 2.28. The van der Waals surface area contributed by atoms with Gasteiger partial charge < -0.3 is 4.74 Å². The Hall–Kier alpha value is -3.31. The van der Waals surface area contributed by atoms with Crippen LogP contribution in [0.5, 0.6) is 5.75 Å². The number of nitrogens with zero attached hydrogens (tertiary/aromatic N) is 3. The average Bonchev–Trinajstić information content (AvgIpc) is 3.29. The van der Waals surface area contributed by atoms with Gasteiger partial charge in [-0.25, -0.2) is 4.98 Å². The minimum Gasteiger partial charge on any atom is -0.406 e. The third-order valence-corrected chi connectivity index (χ3v) is 7.08. The highest BCUT2D eigenvalue weighted by Gasteiger charge is 2.31. The van der Waals surface area contributed by atoms with E-state index in [4.69, 9.17) is 12.2 Å². The highest BCUT2D eigenvalue weighted by molar-refractivity contribution is 14.1. The summed E-state index contributed by atoms with van der Waals surface area (Å²) in [6, 6.07) is 23.9. The second-order valence-corrected chi connectivity index (χ2v) is 10.1. The fraction of sp³-hybridized carbons (Fsp3) is 0.107. The number of hydrogen-bond donors (Lipinski definition) is 0. The quantitative estimate of drug-likeness (QED) is 0.105. The minimum absolute atomic E-state index is 0.268. The van der Waals surface area contributed by atoms with Crippen LogP contribution >= 0.6 is 34.8 Å². The molecule has 1 aromatic heterocycles. The first-order chi connectivity index (χ1) is 17.8. The number of thiocarbonyl (C=S) groups is 1. The molecule has 0 aliphatic rings. The van der Waals surface area contributed by atoms with Gasteiger partial charge in [-0.3, -0.25) is 9.56 Å². The molecule has 0 saturated heterocycles. The van der Waals surface area contributed by atoms with Crippen LogP contribution in [0.3, 0.4) is 0 Å². The second-order valence-electron chi connectivity index (χ2n) is 8.35. The monoisotopic (exact) mass is 629 g/mol. The standard InChI is InChI=1S/C28H19F3IN3OS/c29-28(30,31)36-22-9-7-21(8-10-22)35-17-34-27-24-11-5-18(13-19(24)6-12-26(27)35)15-33-16-23(37)14-20-3-1-2-4-25(20)32/h1-13,15,17H,14,16H2. The summed E-state index contributed by atoms with van der Waals surface area (Å²) in [4.78, 5) is 9.99. The number of imidazole rings is 1. The second kappa shape index (κ2) is 10.6. The van der Waals surface area contributed by atoms with E-state index in [9.17, 15) is 13.2 Å². The first-order valence-electron chi connectivity index (χ1n) is 11.3. The number of aromatic nitrogens is 2. The molecule has 0 spiro atoms. The summed E-state index contributed by atoms with van der Waals surface area (Å²) in [6.45, 7) is 0.481. The Bertz CT molecular complexity index is 1630. The topological polar surface area (TPSA) is 39.4 Å². The molecule has 0 N–H and O–H groups in total. The van der Waals surface area contributed by atoms with Crippen LogP contribution in [0.2, 0.25) is 0 Å². The smallest absolute Gasteiger partial charge is 0.406 e. The van der Waals surface area contributed by atoms with Crippen molar-refractivity contribution in [2.75, 3.05) is 6.54 Å². The molecule has 1 heterocycles. The van der Waals surface area contributed by atoms with Gasteiger partial charge in [0, 0.05) is 32.1 Å². The van der Waals surface area contributed by atoms with Gasteiger partial charge in [0.2, 0.25) is 0 Å². The first kappa shape index (κ1) is 25.3. The normalized spacial score (nSPS) is 12.0. The van der Waals surface area contributed by atoms with Gasteiger partial charge in [-0.15, -0.1) is 13.2 Å². The van der Waals surface area contributed by atoms with Crippen molar-refractivity contribution in [3.05, 3.63) is 99.9 Å². The molecule has 0 saturated carbocycles. The lowest BCUT2D eigenvalue weighted by atomic mass is 10.1. The number of benzene rings is 4. The van der Waals surface area contributed by atoms with Crippen LogP contribution in [0.25, 0.3) is 27.5 Å². The van der Waals surface area contributed by atoms with Crippen molar-refractivity contribution < 1.29 is 17.9 Å². The number of aliphatic imine (C=N–C) groups is 1. The summed E-state index contributed by atoms with van der Waals surface area (Å²) >= 11 is 7.85. The molecule has 0 radical (unpaired) electrons. The van der Waals surface area contributed by atoms with Gasteiger partial charge in [-0.2, -0.15) is 0 Å². The van der Waals surface area contributed by atoms with Crippen molar-refractivity contribution in [1.29, 1.82) is 0 Å². The van der Waals surface area contributed by atoms with Crippen LogP contribution in [0.1, 0.15) is 11.1 Å². The van der Waals surface area contributed by atoms with Crippen LogP contribution in [-0.2, 0) is 6.42 Å². The van der Waals surface area contributed by atoms with Gasteiger partial charge in [0.25, 0.3) is 0 Å². The van der Waals surface area contributed by atoms with E-state index in [0.29, 0.717) is 12.2 Å². The summed E-state index contributed by atoms with van der Waals surface area (Å²) in [5, 5.41) is 1.98. The van der Waals surface area contributed by atoms with E-state index in [1.807, 2.05) is 53.2 Å². The number of rotatable bonds is 7. The molecule has 5 aromatic rings. The summed E-state index contributed by atoms with van der Waals surface area (Å²) < 4.78 is 44.3. The number of fused-ring (bicyclic) bond motifs is 3. The Balaban J connectivity index is 1.32. The molecule has 186 valence electrons. The molecule has 5 rings (SSSR count). The molecule has 4 aromatic carbocycles. The lowest BCUT2D eigenvalue weighted by molar-refractivity contribution is -0.274. The van der Waals surface area contributed by atoms with E-state index in [1.165, 1.54) is 21.3 Å². The Labute approximate surface area is 229 Å². The molecule has 0 atom stereocenters. The lowest BCUT2D eigenvalue weighted by Crippen LogP contribution is -2.17.